The number of carbonyl (C=O) groups is 4. The number of hydrogen-bond acceptors (Lipinski definition) is 15. The summed E-state index contributed by atoms with van der Waals surface area (Å²) in [5.41, 5.74) is 0. The van der Waals surface area contributed by atoms with Gasteiger partial charge in [0.05, 0.1) is 32.8 Å². The third-order valence-electron chi connectivity index (χ3n) is 13.8. The quantitative estimate of drug-likeness (QED) is 0.0169. The van der Waals surface area contributed by atoms with E-state index in [0.717, 1.165) is 154 Å². The Bertz CT molecular complexity index is 2360. The molecule has 17 nitrogen and oxygen atoms in total. The second-order valence-corrected chi connectivity index (χ2v) is 25.6. The summed E-state index contributed by atoms with van der Waals surface area (Å²) < 4.78 is 68.0. The maximum absolute atomic E-state index is 13.0. The van der Waals surface area contributed by atoms with Crippen molar-refractivity contribution in [3.63, 3.8) is 0 Å². The van der Waals surface area contributed by atoms with Gasteiger partial charge in [-0.15, -0.1) is 0 Å². The molecule has 0 amide bonds. The number of phosphoric ester groups is 2. The summed E-state index contributed by atoms with van der Waals surface area (Å²) in [6.45, 7) is 4.30. The van der Waals surface area contributed by atoms with Crippen molar-refractivity contribution in [3.05, 3.63) is 146 Å². The number of carbonyl (C=O) groups excluding carboxylic acids is 4. The van der Waals surface area contributed by atoms with Crippen LogP contribution >= 0.6 is 15.6 Å². The van der Waals surface area contributed by atoms with Crippen molar-refractivity contribution in [2.24, 2.45) is 0 Å². The molecule has 0 aromatic rings. The van der Waals surface area contributed by atoms with Crippen LogP contribution in [-0.2, 0) is 65.4 Å². The van der Waals surface area contributed by atoms with Crippen LogP contribution in [0.3, 0.4) is 0 Å². The van der Waals surface area contributed by atoms with Gasteiger partial charge in [-0.2, -0.15) is 0 Å². The number of aliphatic hydroxyl groups is 1. The van der Waals surface area contributed by atoms with E-state index < -0.39 is 97.5 Å². The first-order valence-corrected chi connectivity index (χ1v) is 38.1. The van der Waals surface area contributed by atoms with Crippen LogP contribution in [0.2, 0.25) is 0 Å². The lowest BCUT2D eigenvalue weighted by atomic mass is 10.1. The predicted molar refractivity (Wildman–Crippen MR) is 380 cm³/mol. The van der Waals surface area contributed by atoms with Gasteiger partial charge in [-0.05, 0) is 135 Å². The number of ether oxygens (including phenoxy) is 4. The predicted octanol–water partition coefficient (Wildman–Crippen LogP) is 19.5. The number of unbranched alkanes of at least 4 members (excludes halogenated alkanes) is 15. The standard InChI is InChI=1S/C75H122O17P2/c1-5-9-13-17-21-25-29-32-34-37-40-43-47-51-55-59-72(77)85-65-70(91-74(79)61-57-53-49-45-39-28-24-20-16-12-8-4)67-89-93(81,82)87-63-69(76)64-88-94(83,84)90-68-71(92-75(80)62-58-54-50-46-42-36-31-27-23-19-15-11-7-3)66-86-73(78)60-56-52-48-44-41-38-35-33-30-26-22-18-14-10-6-2/h9-10,13-15,19-22,24-27,31-35,40-41,43-44,52,56,69-71,76H,5-8,11-12,16-18,23,28-30,36-39,42,45-51,53-55,57-68H2,1-4H3,(H,81,82)(H,83,84)/b13-9-,14-10-,19-15-,24-20-,25-21-,26-22-,31-27-,34-32-,35-33-,43-40-,44-41-,56-52-. The third kappa shape index (κ3) is 65.6. The normalized spacial score (nSPS) is 14.9. The summed E-state index contributed by atoms with van der Waals surface area (Å²) in [6.07, 6.45) is 73.3. The summed E-state index contributed by atoms with van der Waals surface area (Å²) in [7, 11) is -9.99. The van der Waals surface area contributed by atoms with Gasteiger partial charge in [-0.1, -0.05) is 231 Å². The SMILES string of the molecule is CC/C=C\C/C=C\C/C=C\C/C=C\C/C=C\CC(=O)OCC(COP(=O)(O)OCC(O)COP(=O)(O)OCC(COC(=O)CCCC/C=C\C/C=C\C/C=C\C/C=C\CC)OC(=O)CCCCCCC/C=C\CCCC)OC(=O)CCCCCCC/C=C\C/C=C\CCC. The number of aliphatic hydroxyl groups excluding tert-OH is 1. The highest BCUT2D eigenvalue weighted by atomic mass is 31.2. The zero-order valence-electron chi connectivity index (χ0n) is 57.8. The number of hydrogen-bond donors (Lipinski definition) is 3. The van der Waals surface area contributed by atoms with E-state index in [0.29, 0.717) is 25.7 Å². The Morgan fingerprint density at radius 3 is 1.02 bits per heavy atom. The van der Waals surface area contributed by atoms with Crippen LogP contribution in [-0.4, -0.2) is 96.7 Å². The van der Waals surface area contributed by atoms with Crippen molar-refractivity contribution in [2.75, 3.05) is 39.6 Å². The van der Waals surface area contributed by atoms with E-state index in [-0.39, 0.29) is 25.7 Å². The molecule has 0 spiro atoms. The Kier molecular flexibility index (Phi) is 63.0. The van der Waals surface area contributed by atoms with Crippen LogP contribution in [0, 0.1) is 0 Å². The average Bonchev–Trinajstić information content (AvgIpc) is 1.55. The van der Waals surface area contributed by atoms with Crippen molar-refractivity contribution < 1.29 is 80.2 Å². The molecule has 0 radical (unpaired) electrons. The molecule has 0 rings (SSSR count). The zero-order chi connectivity index (χ0) is 69.0. The summed E-state index contributed by atoms with van der Waals surface area (Å²) in [6, 6.07) is 0. The van der Waals surface area contributed by atoms with Gasteiger partial charge in [-0.3, -0.25) is 37.3 Å². The number of esters is 4. The molecular weight excluding hydrogens is 1230 g/mol. The molecule has 0 fully saturated rings. The first-order valence-electron chi connectivity index (χ1n) is 35.1. The highest BCUT2D eigenvalue weighted by Gasteiger charge is 2.30. The first kappa shape index (κ1) is 88.9. The molecule has 0 bridgehead atoms. The molecule has 0 heterocycles. The molecule has 0 aliphatic carbocycles. The Hall–Kier alpha value is -5.06. The Balaban J connectivity index is 5.45. The van der Waals surface area contributed by atoms with E-state index in [1.54, 1.807) is 6.08 Å². The maximum atomic E-state index is 13.0. The molecule has 0 aromatic carbocycles. The van der Waals surface area contributed by atoms with E-state index in [2.05, 4.69) is 149 Å². The fraction of sp³-hybridized carbons (Fsp3) is 0.627. The second kappa shape index (κ2) is 66.5. The van der Waals surface area contributed by atoms with Crippen LogP contribution in [0.1, 0.15) is 246 Å². The van der Waals surface area contributed by atoms with Crippen LogP contribution in [0.15, 0.2) is 146 Å². The van der Waals surface area contributed by atoms with Crippen LogP contribution in [0.4, 0.5) is 0 Å². The Morgan fingerprint density at radius 1 is 0.319 bits per heavy atom. The van der Waals surface area contributed by atoms with E-state index >= 15 is 0 Å². The van der Waals surface area contributed by atoms with Gasteiger partial charge in [0.25, 0.3) is 0 Å². The lowest BCUT2D eigenvalue weighted by molar-refractivity contribution is -0.161. The van der Waals surface area contributed by atoms with E-state index in [9.17, 15) is 43.2 Å². The highest BCUT2D eigenvalue weighted by molar-refractivity contribution is 7.47. The molecule has 534 valence electrons. The molecular formula is C75H122O17P2. The van der Waals surface area contributed by atoms with E-state index in [4.69, 9.17) is 37.0 Å². The molecule has 19 heteroatoms. The monoisotopic (exact) mass is 1360 g/mol. The molecule has 5 atom stereocenters. The Morgan fingerprint density at radius 2 is 0.617 bits per heavy atom. The fourth-order valence-corrected chi connectivity index (χ4v) is 10.1. The summed E-state index contributed by atoms with van der Waals surface area (Å²) >= 11 is 0. The van der Waals surface area contributed by atoms with Gasteiger partial charge in [0.1, 0.15) is 19.3 Å². The summed E-state index contributed by atoms with van der Waals surface area (Å²) in [5.74, 6) is -2.41. The molecule has 0 saturated carbocycles. The van der Waals surface area contributed by atoms with Crippen molar-refractivity contribution in [1.82, 2.24) is 0 Å². The highest BCUT2D eigenvalue weighted by Crippen LogP contribution is 2.45. The molecule has 0 saturated heterocycles. The smallest absolute Gasteiger partial charge is 0.462 e. The average molecular weight is 1360 g/mol. The maximum Gasteiger partial charge on any atom is 0.472 e. The van der Waals surface area contributed by atoms with Gasteiger partial charge in [0.2, 0.25) is 0 Å². The molecule has 5 unspecified atom stereocenters. The molecule has 94 heavy (non-hydrogen) atoms. The fourth-order valence-electron chi connectivity index (χ4n) is 8.48. The van der Waals surface area contributed by atoms with E-state index in [1.807, 2.05) is 18.2 Å². The van der Waals surface area contributed by atoms with Crippen LogP contribution in [0.25, 0.3) is 0 Å². The number of allylic oxidation sites excluding steroid dienone is 23. The van der Waals surface area contributed by atoms with Crippen LogP contribution < -0.4 is 0 Å². The lowest BCUT2D eigenvalue weighted by Crippen LogP contribution is -2.30. The van der Waals surface area contributed by atoms with Crippen LogP contribution in [0.5, 0.6) is 0 Å². The minimum absolute atomic E-state index is 0.0539. The van der Waals surface area contributed by atoms with Gasteiger partial charge >= 0.3 is 39.5 Å². The zero-order valence-corrected chi connectivity index (χ0v) is 59.6. The minimum atomic E-state index is -5.00. The molecule has 3 N–H and O–H groups in total. The lowest BCUT2D eigenvalue weighted by Gasteiger charge is -2.21. The van der Waals surface area contributed by atoms with Gasteiger partial charge in [-0.25, -0.2) is 9.13 Å². The van der Waals surface area contributed by atoms with Gasteiger partial charge < -0.3 is 33.8 Å². The molecule has 0 aromatic heterocycles. The van der Waals surface area contributed by atoms with Crippen molar-refractivity contribution in [2.45, 2.75) is 264 Å². The summed E-state index contributed by atoms with van der Waals surface area (Å²) in [4.78, 5) is 72.5. The van der Waals surface area contributed by atoms with Crippen molar-refractivity contribution >= 4 is 39.5 Å². The van der Waals surface area contributed by atoms with Gasteiger partial charge in [0.15, 0.2) is 12.2 Å². The largest absolute Gasteiger partial charge is 0.472 e. The minimum Gasteiger partial charge on any atom is -0.462 e. The van der Waals surface area contributed by atoms with E-state index in [1.165, 1.54) is 12.8 Å². The first-order chi connectivity index (χ1) is 45.7. The van der Waals surface area contributed by atoms with Gasteiger partial charge in [0, 0.05) is 19.3 Å². The molecule has 0 aliphatic rings. The van der Waals surface area contributed by atoms with Crippen molar-refractivity contribution in [3.8, 4) is 0 Å². The number of rotatable bonds is 64. The van der Waals surface area contributed by atoms with Crippen molar-refractivity contribution in [1.29, 1.82) is 0 Å². The second-order valence-electron chi connectivity index (χ2n) is 22.7. The summed E-state index contributed by atoms with van der Waals surface area (Å²) in [5, 5.41) is 10.6. The number of phosphoric acid groups is 2. The topological polar surface area (TPSA) is 237 Å². The molecule has 0 aliphatic heterocycles. The Labute approximate surface area is 567 Å². The third-order valence-corrected chi connectivity index (χ3v) is 15.7.